The van der Waals surface area contributed by atoms with E-state index in [0.717, 1.165) is 0 Å². The fraction of sp³-hybridized carbons (Fsp3) is 0.778. The van der Waals surface area contributed by atoms with E-state index in [2.05, 4.69) is 23.6 Å². The molecule has 0 aromatic rings. The van der Waals surface area contributed by atoms with Gasteiger partial charge in [-0.1, -0.05) is 13.3 Å². The van der Waals surface area contributed by atoms with Crippen LogP contribution < -0.4 is 10.6 Å². The number of thioether (sulfide) groups is 1. The molecule has 2 atom stereocenters. The predicted molar refractivity (Wildman–Crippen MR) is 54.2 cm³/mol. The lowest BCUT2D eigenvalue weighted by Crippen LogP contribution is -2.31. The molecule has 0 amide bonds. The molecule has 68 valence electrons. The van der Waals surface area contributed by atoms with E-state index in [1.807, 2.05) is 11.8 Å². The van der Waals surface area contributed by atoms with Crippen molar-refractivity contribution >= 4 is 11.8 Å². The highest BCUT2D eigenvalue weighted by Gasteiger charge is 2.33. The molecule has 2 fully saturated rings. The molecule has 0 saturated carbocycles. The second-order valence-electron chi connectivity index (χ2n) is 3.45. The van der Waals surface area contributed by atoms with Gasteiger partial charge in [0.2, 0.25) is 0 Å². The summed E-state index contributed by atoms with van der Waals surface area (Å²) in [5.74, 6) is 3.80. The first kappa shape index (κ1) is 8.30. The Morgan fingerprint density at radius 3 is 2.67 bits per heavy atom. The molecule has 2 nitrogen and oxygen atoms in total. The van der Waals surface area contributed by atoms with Gasteiger partial charge in [-0.2, -0.15) is 11.8 Å². The van der Waals surface area contributed by atoms with E-state index >= 15 is 0 Å². The number of unbranched alkanes of at least 4 members (excludes halogenated alkanes) is 1. The summed E-state index contributed by atoms with van der Waals surface area (Å²) in [6.45, 7) is 2.21. The van der Waals surface area contributed by atoms with E-state index in [9.17, 15) is 0 Å². The largest absolute Gasteiger partial charge is 0.367 e. The molecule has 12 heavy (non-hydrogen) atoms. The molecule has 2 aliphatic heterocycles. The van der Waals surface area contributed by atoms with Crippen molar-refractivity contribution in [2.45, 2.75) is 31.8 Å². The zero-order valence-corrected chi connectivity index (χ0v) is 8.29. The fourth-order valence-electron chi connectivity index (χ4n) is 1.69. The van der Waals surface area contributed by atoms with Crippen LogP contribution in [0.2, 0.25) is 0 Å². The van der Waals surface area contributed by atoms with Gasteiger partial charge in [-0.25, -0.2) is 0 Å². The Morgan fingerprint density at radius 2 is 2.08 bits per heavy atom. The van der Waals surface area contributed by atoms with Crippen molar-refractivity contribution in [3.63, 3.8) is 0 Å². The van der Waals surface area contributed by atoms with Crippen molar-refractivity contribution in [2.24, 2.45) is 0 Å². The minimum atomic E-state index is 0.693. The topological polar surface area (TPSA) is 24.1 Å². The maximum absolute atomic E-state index is 3.52. The van der Waals surface area contributed by atoms with Gasteiger partial charge in [-0.15, -0.1) is 0 Å². The average molecular weight is 184 g/mol. The van der Waals surface area contributed by atoms with Crippen molar-refractivity contribution in [3.8, 4) is 0 Å². The minimum absolute atomic E-state index is 0.693. The maximum Gasteiger partial charge on any atom is 0.0951 e. The third-order valence-corrected chi connectivity index (χ3v) is 3.59. The summed E-state index contributed by atoms with van der Waals surface area (Å²) >= 11 is 2.04. The van der Waals surface area contributed by atoms with Crippen molar-refractivity contribution in [2.75, 3.05) is 11.5 Å². The van der Waals surface area contributed by atoms with Crippen molar-refractivity contribution in [1.29, 1.82) is 0 Å². The summed E-state index contributed by atoms with van der Waals surface area (Å²) in [4.78, 5) is 0. The smallest absolute Gasteiger partial charge is 0.0951 e. The van der Waals surface area contributed by atoms with Gasteiger partial charge in [0.15, 0.2) is 0 Å². The van der Waals surface area contributed by atoms with Crippen molar-refractivity contribution in [1.82, 2.24) is 10.6 Å². The molecule has 2 heterocycles. The number of fused-ring (bicyclic) bond motifs is 1. The normalized spacial score (nSPS) is 32.6. The second kappa shape index (κ2) is 3.60. The molecule has 2 rings (SSSR count). The summed E-state index contributed by atoms with van der Waals surface area (Å²) in [5.41, 5.74) is 0. The Kier molecular flexibility index (Phi) is 2.49. The van der Waals surface area contributed by atoms with Crippen molar-refractivity contribution < 1.29 is 0 Å². The highest BCUT2D eigenvalue weighted by Crippen LogP contribution is 2.23. The molecular formula is C9H16N2S. The maximum atomic E-state index is 3.52. The third-order valence-electron chi connectivity index (χ3n) is 2.40. The highest BCUT2D eigenvalue weighted by molar-refractivity contribution is 7.99. The van der Waals surface area contributed by atoms with E-state index in [1.165, 1.54) is 30.2 Å². The molecule has 2 N–H and O–H groups in total. The molecule has 0 aliphatic carbocycles. The van der Waals surface area contributed by atoms with E-state index in [0.29, 0.717) is 12.1 Å². The van der Waals surface area contributed by atoms with E-state index in [-0.39, 0.29) is 0 Å². The lowest BCUT2D eigenvalue weighted by atomic mass is 10.2. The molecule has 2 unspecified atom stereocenters. The molecule has 0 aromatic heterocycles. The van der Waals surface area contributed by atoms with Crippen LogP contribution in [0.15, 0.2) is 11.9 Å². The number of hydrogen-bond acceptors (Lipinski definition) is 3. The van der Waals surface area contributed by atoms with Crippen LogP contribution in [0.4, 0.5) is 0 Å². The molecule has 2 saturated heterocycles. The Bertz CT molecular complexity index is 177. The van der Waals surface area contributed by atoms with Gasteiger partial charge >= 0.3 is 0 Å². The van der Waals surface area contributed by atoms with Gasteiger partial charge < -0.3 is 10.6 Å². The molecule has 0 bridgehead atoms. The van der Waals surface area contributed by atoms with E-state index in [1.54, 1.807) is 0 Å². The van der Waals surface area contributed by atoms with Crippen LogP contribution in [0, 0.1) is 0 Å². The monoisotopic (exact) mass is 184 g/mol. The molecule has 2 aliphatic rings. The van der Waals surface area contributed by atoms with Crippen LogP contribution in [0.25, 0.3) is 0 Å². The zero-order valence-electron chi connectivity index (χ0n) is 7.47. The number of hydrogen-bond donors (Lipinski definition) is 2. The van der Waals surface area contributed by atoms with Gasteiger partial charge in [0.1, 0.15) is 0 Å². The average Bonchev–Trinajstić information content (AvgIpc) is 2.58. The zero-order chi connectivity index (χ0) is 8.39. The summed E-state index contributed by atoms with van der Waals surface area (Å²) in [6.07, 6.45) is 4.70. The van der Waals surface area contributed by atoms with Crippen LogP contribution in [-0.2, 0) is 0 Å². The highest BCUT2D eigenvalue weighted by atomic mass is 32.2. The minimum Gasteiger partial charge on any atom is -0.367 e. The first-order valence-electron chi connectivity index (χ1n) is 4.71. The molecule has 0 spiro atoms. The molecule has 3 heteroatoms. The standard InChI is InChI=1S/C9H16N2S/c1-2-3-4-9-10-7-5-12-6-8(7)11-9/h4,7-8,10-11H,2-3,5-6H2,1H3. The number of nitrogens with one attached hydrogen (secondary N) is 2. The lowest BCUT2D eigenvalue weighted by molar-refractivity contribution is 0.620. The van der Waals surface area contributed by atoms with Gasteiger partial charge in [0.25, 0.3) is 0 Å². The Balaban J connectivity index is 1.90. The Labute approximate surface area is 78.2 Å². The predicted octanol–water partition coefficient (Wildman–Crippen LogP) is 1.30. The molecule has 0 aromatic carbocycles. The third kappa shape index (κ3) is 1.56. The van der Waals surface area contributed by atoms with Gasteiger partial charge in [-0.3, -0.25) is 0 Å². The summed E-state index contributed by atoms with van der Waals surface area (Å²) in [7, 11) is 0. The quantitative estimate of drug-likeness (QED) is 0.676. The van der Waals surface area contributed by atoms with Gasteiger partial charge in [0.05, 0.1) is 17.9 Å². The van der Waals surface area contributed by atoms with Crippen LogP contribution in [-0.4, -0.2) is 23.6 Å². The first-order valence-corrected chi connectivity index (χ1v) is 5.86. The Hall–Kier alpha value is -0.310. The molecular weight excluding hydrogens is 168 g/mol. The van der Waals surface area contributed by atoms with Crippen LogP contribution in [0.1, 0.15) is 19.8 Å². The van der Waals surface area contributed by atoms with Crippen molar-refractivity contribution in [3.05, 3.63) is 11.9 Å². The van der Waals surface area contributed by atoms with Crippen LogP contribution in [0.3, 0.4) is 0 Å². The Morgan fingerprint density at radius 1 is 1.42 bits per heavy atom. The van der Waals surface area contributed by atoms with Gasteiger partial charge in [0, 0.05) is 11.5 Å². The summed E-state index contributed by atoms with van der Waals surface area (Å²) in [5, 5.41) is 7.03. The summed E-state index contributed by atoms with van der Waals surface area (Å²) in [6, 6.07) is 1.39. The lowest BCUT2D eigenvalue weighted by Gasteiger charge is -2.03. The van der Waals surface area contributed by atoms with E-state index in [4.69, 9.17) is 0 Å². The SMILES string of the molecule is CCCC=C1NC2CSCC2N1. The number of allylic oxidation sites excluding steroid dienone is 1. The fourth-order valence-corrected chi connectivity index (χ4v) is 2.96. The number of rotatable bonds is 2. The second-order valence-corrected chi connectivity index (χ2v) is 4.52. The summed E-state index contributed by atoms with van der Waals surface area (Å²) < 4.78 is 0. The van der Waals surface area contributed by atoms with E-state index < -0.39 is 0 Å². The van der Waals surface area contributed by atoms with Crippen LogP contribution >= 0.6 is 11.8 Å². The van der Waals surface area contributed by atoms with Crippen LogP contribution in [0.5, 0.6) is 0 Å². The first-order chi connectivity index (χ1) is 5.90. The molecule has 0 radical (unpaired) electrons. The van der Waals surface area contributed by atoms with Gasteiger partial charge in [-0.05, 0) is 12.5 Å².